The van der Waals surface area contributed by atoms with Crippen LogP contribution in [0.5, 0.6) is 0 Å². The first-order valence-electron chi connectivity index (χ1n) is 9.29. The first-order chi connectivity index (χ1) is 14.1. The second kappa shape index (κ2) is 8.50. The SMILES string of the molecule is Cc1cc(S(=O)(=O)Nc2c(CC(=O)O)ccc(-c3ccccc3)c2C)c(C)cc1Cl. The lowest BCUT2D eigenvalue weighted by Gasteiger charge is -2.19. The van der Waals surface area contributed by atoms with Crippen LogP contribution in [0.1, 0.15) is 22.3 Å². The molecule has 5 nitrogen and oxygen atoms in total. The zero-order valence-corrected chi connectivity index (χ0v) is 18.4. The van der Waals surface area contributed by atoms with Crippen LogP contribution in [-0.2, 0) is 21.2 Å². The minimum Gasteiger partial charge on any atom is -0.481 e. The van der Waals surface area contributed by atoms with Gasteiger partial charge in [-0.2, -0.15) is 0 Å². The summed E-state index contributed by atoms with van der Waals surface area (Å²) in [6.07, 6.45) is -0.299. The van der Waals surface area contributed by atoms with Crippen molar-refractivity contribution in [3.63, 3.8) is 0 Å². The summed E-state index contributed by atoms with van der Waals surface area (Å²) < 4.78 is 29.1. The number of hydrogen-bond acceptors (Lipinski definition) is 3. The molecule has 0 bridgehead atoms. The van der Waals surface area contributed by atoms with Gasteiger partial charge >= 0.3 is 5.97 Å². The molecule has 3 rings (SSSR count). The van der Waals surface area contributed by atoms with E-state index in [-0.39, 0.29) is 17.0 Å². The Hall–Kier alpha value is -2.83. The molecule has 0 aliphatic carbocycles. The molecule has 2 N–H and O–H groups in total. The summed E-state index contributed by atoms with van der Waals surface area (Å²) in [7, 11) is -3.96. The van der Waals surface area contributed by atoms with Gasteiger partial charge in [-0.25, -0.2) is 8.42 Å². The molecule has 3 aromatic rings. The molecule has 0 spiro atoms. The molecule has 0 amide bonds. The molecule has 0 radical (unpaired) electrons. The molecule has 0 saturated carbocycles. The van der Waals surface area contributed by atoms with Crippen molar-refractivity contribution in [1.29, 1.82) is 0 Å². The van der Waals surface area contributed by atoms with Crippen molar-refractivity contribution < 1.29 is 18.3 Å². The molecule has 0 atom stereocenters. The highest BCUT2D eigenvalue weighted by Crippen LogP contribution is 2.34. The Morgan fingerprint density at radius 3 is 2.30 bits per heavy atom. The molecule has 0 fully saturated rings. The van der Waals surface area contributed by atoms with Crippen LogP contribution in [0, 0.1) is 20.8 Å². The van der Waals surface area contributed by atoms with Crippen LogP contribution in [0.4, 0.5) is 5.69 Å². The summed E-state index contributed by atoms with van der Waals surface area (Å²) in [6.45, 7) is 5.19. The molecular weight excluding hydrogens is 422 g/mol. The van der Waals surface area contributed by atoms with E-state index in [1.54, 1.807) is 32.9 Å². The van der Waals surface area contributed by atoms with Crippen molar-refractivity contribution in [2.24, 2.45) is 0 Å². The normalized spacial score (nSPS) is 11.3. The number of hydrogen-bond donors (Lipinski definition) is 2. The van der Waals surface area contributed by atoms with Crippen molar-refractivity contribution in [1.82, 2.24) is 0 Å². The van der Waals surface area contributed by atoms with Crippen LogP contribution in [-0.4, -0.2) is 19.5 Å². The molecule has 3 aromatic carbocycles. The summed E-state index contributed by atoms with van der Waals surface area (Å²) in [5.74, 6) is -1.04. The minimum atomic E-state index is -3.96. The lowest BCUT2D eigenvalue weighted by atomic mass is 9.95. The number of halogens is 1. The van der Waals surface area contributed by atoms with Crippen molar-refractivity contribution in [3.05, 3.63) is 81.9 Å². The van der Waals surface area contributed by atoms with E-state index in [0.29, 0.717) is 27.3 Å². The largest absolute Gasteiger partial charge is 0.481 e. The molecule has 156 valence electrons. The Balaban J connectivity index is 2.16. The van der Waals surface area contributed by atoms with E-state index in [2.05, 4.69) is 4.72 Å². The van der Waals surface area contributed by atoms with Crippen LogP contribution >= 0.6 is 11.6 Å². The lowest BCUT2D eigenvalue weighted by molar-refractivity contribution is -0.136. The predicted molar refractivity (Wildman–Crippen MR) is 120 cm³/mol. The number of rotatable bonds is 6. The third-order valence-corrected chi connectivity index (χ3v) is 6.86. The highest BCUT2D eigenvalue weighted by atomic mass is 35.5. The fourth-order valence-corrected chi connectivity index (χ4v) is 5.08. The maximum absolute atomic E-state index is 13.2. The maximum atomic E-state index is 13.2. The number of carboxylic acids is 1. The van der Waals surface area contributed by atoms with Crippen molar-refractivity contribution in [3.8, 4) is 11.1 Å². The van der Waals surface area contributed by atoms with E-state index in [1.807, 2.05) is 36.4 Å². The Bertz CT molecular complexity index is 1220. The van der Waals surface area contributed by atoms with Crippen LogP contribution in [0.3, 0.4) is 0 Å². The van der Waals surface area contributed by atoms with Gasteiger partial charge in [0.25, 0.3) is 10.0 Å². The molecule has 0 saturated heterocycles. The minimum absolute atomic E-state index is 0.107. The zero-order valence-electron chi connectivity index (χ0n) is 16.9. The number of sulfonamides is 1. The standard InChI is InChI=1S/C23H22ClNO4S/c1-14-12-21(15(2)11-20(14)24)30(28,29)25-23-16(3)19(17-7-5-4-6-8-17)10-9-18(23)13-22(26)27/h4-12,25H,13H2,1-3H3,(H,26,27). The second-order valence-corrected chi connectivity index (χ2v) is 9.24. The van der Waals surface area contributed by atoms with Gasteiger partial charge in [-0.05, 0) is 66.3 Å². The second-order valence-electron chi connectivity index (χ2n) is 7.18. The van der Waals surface area contributed by atoms with Gasteiger partial charge in [0.2, 0.25) is 0 Å². The van der Waals surface area contributed by atoms with E-state index in [4.69, 9.17) is 11.6 Å². The summed E-state index contributed by atoms with van der Waals surface area (Å²) in [5, 5.41) is 9.79. The maximum Gasteiger partial charge on any atom is 0.307 e. The van der Waals surface area contributed by atoms with E-state index in [9.17, 15) is 18.3 Å². The summed E-state index contributed by atoms with van der Waals surface area (Å²) in [6, 6.07) is 16.1. The average molecular weight is 444 g/mol. The third kappa shape index (κ3) is 4.50. The monoisotopic (exact) mass is 443 g/mol. The number of aryl methyl sites for hydroxylation is 2. The van der Waals surface area contributed by atoms with Gasteiger partial charge in [-0.15, -0.1) is 0 Å². The predicted octanol–water partition coefficient (Wildman–Crippen LogP) is 5.36. The summed E-state index contributed by atoms with van der Waals surface area (Å²) in [5.41, 5.74) is 4.23. The molecule has 0 aromatic heterocycles. The average Bonchev–Trinajstić information content (AvgIpc) is 2.68. The third-order valence-electron chi connectivity index (χ3n) is 4.96. The van der Waals surface area contributed by atoms with Gasteiger partial charge in [-0.1, -0.05) is 54.1 Å². The molecule has 0 heterocycles. The number of aliphatic carboxylic acids is 1. The Kier molecular flexibility index (Phi) is 6.19. The van der Waals surface area contributed by atoms with Crippen LogP contribution in [0.15, 0.2) is 59.5 Å². The van der Waals surface area contributed by atoms with Crippen LogP contribution in [0.2, 0.25) is 5.02 Å². The lowest BCUT2D eigenvalue weighted by Crippen LogP contribution is -2.18. The smallest absolute Gasteiger partial charge is 0.307 e. The Labute approximate surface area is 181 Å². The number of carboxylic acid groups (broad SMARTS) is 1. The van der Waals surface area contributed by atoms with Crippen LogP contribution < -0.4 is 4.72 Å². The molecular formula is C23H22ClNO4S. The highest BCUT2D eigenvalue weighted by Gasteiger charge is 2.22. The first kappa shape index (κ1) is 21.9. The van der Waals surface area contributed by atoms with Crippen LogP contribution in [0.25, 0.3) is 11.1 Å². The molecule has 0 aliphatic rings. The Morgan fingerprint density at radius 1 is 1.00 bits per heavy atom. The van der Waals surface area contributed by atoms with E-state index in [0.717, 1.165) is 11.1 Å². The van der Waals surface area contributed by atoms with E-state index in [1.165, 1.54) is 6.07 Å². The summed E-state index contributed by atoms with van der Waals surface area (Å²) in [4.78, 5) is 11.5. The van der Waals surface area contributed by atoms with E-state index < -0.39 is 16.0 Å². The van der Waals surface area contributed by atoms with Gasteiger partial charge in [-0.3, -0.25) is 9.52 Å². The fourth-order valence-electron chi connectivity index (χ4n) is 3.38. The van der Waals surface area contributed by atoms with Gasteiger partial charge in [0.15, 0.2) is 0 Å². The highest BCUT2D eigenvalue weighted by molar-refractivity contribution is 7.92. The van der Waals surface area contributed by atoms with Crippen molar-refractivity contribution in [2.75, 3.05) is 4.72 Å². The molecule has 7 heteroatoms. The summed E-state index contributed by atoms with van der Waals surface area (Å²) >= 11 is 6.11. The number of nitrogens with one attached hydrogen (secondary N) is 1. The topological polar surface area (TPSA) is 83.5 Å². The molecule has 0 aliphatic heterocycles. The van der Waals surface area contributed by atoms with Crippen molar-refractivity contribution in [2.45, 2.75) is 32.1 Å². The quantitative estimate of drug-likeness (QED) is 0.537. The number of anilines is 1. The van der Waals surface area contributed by atoms with Gasteiger partial charge in [0, 0.05) is 5.02 Å². The van der Waals surface area contributed by atoms with Gasteiger partial charge in [0.1, 0.15) is 0 Å². The fraction of sp³-hybridized carbons (Fsp3) is 0.174. The zero-order chi connectivity index (χ0) is 22.1. The molecule has 0 unspecified atom stereocenters. The van der Waals surface area contributed by atoms with Gasteiger partial charge < -0.3 is 5.11 Å². The van der Waals surface area contributed by atoms with Gasteiger partial charge in [0.05, 0.1) is 17.0 Å². The number of benzene rings is 3. The van der Waals surface area contributed by atoms with Crippen molar-refractivity contribution >= 4 is 33.3 Å². The first-order valence-corrected chi connectivity index (χ1v) is 11.2. The number of carbonyl (C=O) groups is 1. The Morgan fingerprint density at radius 2 is 1.67 bits per heavy atom. The van der Waals surface area contributed by atoms with E-state index >= 15 is 0 Å². The molecule has 30 heavy (non-hydrogen) atoms.